The molecule has 0 spiro atoms. The van der Waals surface area contributed by atoms with Crippen molar-refractivity contribution >= 4 is 44.4 Å². The lowest BCUT2D eigenvalue weighted by Crippen LogP contribution is -1.86. The van der Waals surface area contributed by atoms with Crippen LogP contribution in [0.3, 0.4) is 0 Å². The lowest BCUT2D eigenvalue weighted by Gasteiger charge is -2.00. The van der Waals surface area contributed by atoms with E-state index in [0.29, 0.717) is 0 Å². The Morgan fingerprint density at radius 1 is 0.486 bits per heavy atom. The maximum Gasteiger partial charge on any atom is 0.0889 e. The Kier molecular flexibility index (Phi) is 5.51. The molecule has 3 aromatic rings. The first-order valence-corrected chi connectivity index (χ1v) is 12.0. The number of nitrogens with one attached hydrogen (secondary N) is 1. The summed E-state index contributed by atoms with van der Waals surface area (Å²) in [5.74, 6) is 0. The molecule has 2 aromatic heterocycles. The van der Waals surface area contributed by atoms with Crippen molar-refractivity contribution in [1.82, 2.24) is 24.9 Å². The normalized spacial score (nSPS) is 13.5. The topological polar surface area (TPSA) is 67.3 Å². The van der Waals surface area contributed by atoms with E-state index in [0.717, 1.165) is 67.1 Å². The van der Waals surface area contributed by atoms with Crippen LogP contribution in [-0.4, -0.2) is 24.9 Å². The number of allylic oxidation sites excluding steroid dienone is 4. The third-order valence-corrected chi connectivity index (χ3v) is 7.59. The van der Waals surface area contributed by atoms with E-state index in [1.54, 1.807) is 0 Å². The maximum absolute atomic E-state index is 4.93. The first-order valence-electron chi connectivity index (χ1n) is 12.0. The number of aromatic amines is 1. The molecule has 4 heterocycles. The number of aromatic nitrogens is 5. The van der Waals surface area contributed by atoms with Gasteiger partial charge in [0, 0.05) is 11.0 Å². The molecule has 0 atom stereocenters. The number of fused-ring (bicyclic) bond motifs is 7. The van der Waals surface area contributed by atoms with Crippen LogP contribution >= 0.6 is 0 Å². The van der Waals surface area contributed by atoms with Gasteiger partial charge in [0.15, 0.2) is 0 Å². The Morgan fingerprint density at radius 2 is 0.857 bits per heavy atom. The second-order valence-electron chi connectivity index (χ2n) is 9.70. The van der Waals surface area contributed by atoms with E-state index in [2.05, 4.69) is 84.6 Å². The minimum atomic E-state index is 0.826. The molecular formula is C30H31N5. The molecule has 0 unspecified atom stereocenters. The maximum atomic E-state index is 4.93. The molecule has 6 bridgehead atoms. The van der Waals surface area contributed by atoms with E-state index in [-0.39, 0.29) is 0 Å². The average Bonchev–Trinajstić information content (AvgIpc) is 3.36. The fourth-order valence-electron chi connectivity index (χ4n) is 4.45. The van der Waals surface area contributed by atoms with Crippen LogP contribution in [0, 0.1) is 27.7 Å². The molecule has 5 rings (SSSR count). The Bertz CT molecular complexity index is 1540. The highest BCUT2D eigenvalue weighted by Gasteiger charge is 2.15. The zero-order chi connectivity index (χ0) is 25.0. The Balaban J connectivity index is 1.95. The van der Waals surface area contributed by atoms with Gasteiger partial charge in [0.2, 0.25) is 0 Å². The molecule has 0 saturated heterocycles. The molecule has 2 aliphatic rings. The Hall–Kier alpha value is -3.86. The van der Waals surface area contributed by atoms with Crippen molar-refractivity contribution in [2.75, 3.05) is 0 Å². The van der Waals surface area contributed by atoms with Gasteiger partial charge in [-0.1, -0.05) is 0 Å². The van der Waals surface area contributed by atoms with Gasteiger partial charge in [0.25, 0.3) is 0 Å². The fourth-order valence-corrected chi connectivity index (χ4v) is 4.45. The lowest BCUT2D eigenvalue weighted by molar-refractivity contribution is 1.24. The average molecular weight is 462 g/mol. The van der Waals surface area contributed by atoms with Crippen LogP contribution in [0.15, 0.2) is 36.7 Å². The Morgan fingerprint density at radius 3 is 1.26 bits per heavy atom. The van der Waals surface area contributed by atoms with Gasteiger partial charge >= 0.3 is 0 Å². The number of hydrogen-bond acceptors (Lipinski definition) is 4. The van der Waals surface area contributed by atoms with Crippen LogP contribution in [0.2, 0.25) is 0 Å². The molecule has 1 aromatic carbocycles. The summed E-state index contributed by atoms with van der Waals surface area (Å²) in [4.78, 5) is 23.1. The summed E-state index contributed by atoms with van der Waals surface area (Å²) in [5, 5.41) is 0. The summed E-state index contributed by atoms with van der Waals surface area (Å²) < 4.78 is 0. The number of H-pyrrole nitrogens is 1. The predicted octanol–water partition coefficient (Wildman–Crippen LogP) is 7.47. The van der Waals surface area contributed by atoms with Gasteiger partial charge < -0.3 is 4.98 Å². The van der Waals surface area contributed by atoms with Crippen LogP contribution in [0.25, 0.3) is 44.4 Å². The molecule has 2 aliphatic heterocycles. The molecule has 0 fully saturated rings. The summed E-state index contributed by atoms with van der Waals surface area (Å²) in [6, 6.07) is 8.47. The molecule has 5 nitrogen and oxygen atoms in total. The lowest BCUT2D eigenvalue weighted by atomic mass is 10.1. The fraction of sp³-hybridized carbons (Fsp3) is 0.267. The van der Waals surface area contributed by atoms with Crippen LogP contribution < -0.4 is 0 Å². The zero-order valence-corrected chi connectivity index (χ0v) is 21.8. The van der Waals surface area contributed by atoms with Crippen molar-refractivity contribution in [3.8, 4) is 0 Å². The number of rotatable bonds is 0. The van der Waals surface area contributed by atoms with E-state index in [1.165, 1.54) is 22.3 Å². The molecule has 35 heavy (non-hydrogen) atoms. The predicted molar refractivity (Wildman–Crippen MR) is 146 cm³/mol. The van der Waals surface area contributed by atoms with Crippen LogP contribution in [-0.2, 0) is 0 Å². The highest BCUT2D eigenvalue weighted by molar-refractivity contribution is 5.92. The van der Waals surface area contributed by atoms with Crippen molar-refractivity contribution < 1.29 is 0 Å². The smallest absolute Gasteiger partial charge is 0.0889 e. The van der Waals surface area contributed by atoms with E-state index in [9.17, 15) is 0 Å². The molecule has 0 saturated carbocycles. The van der Waals surface area contributed by atoms with Gasteiger partial charge in [-0.3, -0.25) is 9.97 Å². The van der Waals surface area contributed by atoms with Gasteiger partial charge in [-0.05, 0) is 124 Å². The molecule has 0 radical (unpaired) electrons. The molecule has 176 valence electrons. The van der Waals surface area contributed by atoms with Gasteiger partial charge in [-0.25, -0.2) is 9.97 Å². The van der Waals surface area contributed by atoms with E-state index < -0.39 is 0 Å². The number of benzene rings is 1. The van der Waals surface area contributed by atoms with Crippen molar-refractivity contribution in [3.05, 3.63) is 81.7 Å². The second kappa shape index (κ2) is 8.42. The third-order valence-electron chi connectivity index (χ3n) is 7.59. The van der Waals surface area contributed by atoms with Crippen LogP contribution in [0.5, 0.6) is 0 Å². The van der Waals surface area contributed by atoms with Gasteiger partial charge in [-0.2, -0.15) is 0 Å². The largest absolute Gasteiger partial charge is 0.355 e. The van der Waals surface area contributed by atoms with Crippen molar-refractivity contribution in [2.24, 2.45) is 0 Å². The van der Waals surface area contributed by atoms with Crippen molar-refractivity contribution in [2.45, 2.75) is 55.4 Å². The first-order chi connectivity index (χ1) is 16.6. The minimum Gasteiger partial charge on any atom is -0.355 e. The number of aryl methyl sites for hydroxylation is 4. The molecule has 5 heteroatoms. The molecular weight excluding hydrogens is 430 g/mol. The number of hydrogen-bond donors (Lipinski definition) is 1. The highest BCUT2D eigenvalue weighted by Crippen LogP contribution is 2.31. The summed E-state index contributed by atoms with van der Waals surface area (Å²) in [5.41, 5.74) is 16.9. The van der Waals surface area contributed by atoms with E-state index in [1.807, 2.05) is 12.4 Å². The summed E-state index contributed by atoms with van der Waals surface area (Å²) in [6.07, 6.45) is 3.72. The molecule has 0 amide bonds. The van der Waals surface area contributed by atoms with Crippen molar-refractivity contribution in [3.63, 3.8) is 0 Å². The third kappa shape index (κ3) is 3.91. The summed E-state index contributed by atoms with van der Waals surface area (Å²) in [7, 11) is 0. The number of nitrogens with zero attached hydrogens (tertiary/aromatic N) is 4. The highest BCUT2D eigenvalue weighted by atomic mass is 14.8. The summed E-state index contributed by atoms with van der Waals surface area (Å²) >= 11 is 0. The molecule has 1 N–H and O–H groups in total. The molecule has 0 aliphatic carbocycles. The zero-order valence-electron chi connectivity index (χ0n) is 21.8. The van der Waals surface area contributed by atoms with Crippen molar-refractivity contribution in [1.29, 1.82) is 0 Å². The first kappa shape index (κ1) is 22.9. The van der Waals surface area contributed by atoms with Gasteiger partial charge in [-0.15, -0.1) is 0 Å². The van der Waals surface area contributed by atoms with Gasteiger partial charge in [0.05, 0.1) is 46.2 Å². The van der Waals surface area contributed by atoms with Crippen LogP contribution in [0.4, 0.5) is 0 Å². The monoisotopic (exact) mass is 461 g/mol. The van der Waals surface area contributed by atoms with Gasteiger partial charge in [0.1, 0.15) is 0 Å². The second-order valence-corrected chi connectivity index (χ2v) is 9.70. The minimum absolute atomic E-state index is 0.826. The standard InChI is InChI=1S/C30H31N5/c1-15-9-27-28(10-16(15)2)32-14-30-22(8)20(6)26(35-30)12-24-18(4)17(3)23(33-24)11-25-19(5)21(7)29(34-25)13-31-27/h9-14,33H,1-8H3. The SMILES string of the molecule is CC1=C(C)c2cc3[nH]c(cc4nc(cnc5cc(C)c(C)cc5ncc1n2)C(C)=C4C)c(C)c3C. The van der Waals surface area contributed by atoms with E-state index >= 15 is 0 Å². The summed E-state index contributed by atoms with van der Waals surface area (Å²) in [6.45, 7) is 17.0. The van der Waals surface area contributed by atoms with Crippen LogP contribution in [0.1, 0.15) is 72.7 Å². The van der Waals surface area contributed by atoms with E-state index in [4.69, 9.17) is 19.9 Å². The quantitative estimate of drug-likeness (QED) is 0.377. The Labute approximate surface area is 206 Å².